The van der Waals surface area contributed by atoms with Crippen LogP contribution in [-0.2, 0) is 6.42 Å². The molecule has 1 aliphatic carbocycles. The molecule has 5 heteroatoms. The van der Waals surface area contributed by atoms with Gasteiger partial charge in [-0.3, -0.25) is 0 Å². The molecule has 0 saturated heterocycles. The Hall–Kier alpha value is -9.19. The van der Waals surface area contributed by atoms with Crippen molar-refractivity contribution >= 4 is 76.1 Å². The van der Waals surface area contributed by atoms with E-state index in [1.807, 2.05) is 6.07 Å². The van der Waals surface area contributed by atoms with Gasteiger partial charge in [-0.1, -0.05) is 164 Å². The standard InChI is InChI=1S/C66H42N4O/c1-2-22-47(23-3-1)70-58-29-12-10-25-51(58)62-53(28-15-30-59(62)70)65-67-64(50-27-14-21-40-16-8-9-24-48(40)50)68-66(69-65)57-38-46(39-61-63(57)52-26-11-13-31-60(52)71-61)49-33-32-45-34-41-17-4-5-18-42(41)35-54(45)56-37-44-20-7-6-19-43(44)36-55(49)56/h1-31,34-39,49H,32-33H2. The fourth-order valence-corrected chi connectivity index (χ4v) is 11.8. The van der Waals surface area contributed by atoms with Gasteiger partial charge in [-0.05, 0) is 134 Å². The molecule has 3 heterocycles. The summed E-state index contributed by atoms with van der Waals surface area (Å²) in [6.45, 7) is 0. The van der Waals surface area contributed by atoms with E-state index in [1.54, 1.807) is 0 Å². The van der Waals surface area contributed by atoms with Crippen LogP contribution in [-0.4, -0.2) is 19.5 Å². The molecule has 14 aromatic rings. The highest BCUT2D eigenvalue weighted by molar-refractivity contribution is 6.16. The maximum atomic E-state index is 6.91. The Morgan fingerprint density at radius 2 is 0.958 bits per heavy atom. The summed E-state index contributed by atoms with van der Waals surface area (Å²) < 4.78 is 9.26. The van der Waals surface area contributed by atoms with E-state index in [4.69, 9.17) is 19.4 Å². The highest BCUT2D eigenvalue weighted by Gasteiger charge is 2.29. The number of rotatable bonds is 5. The van der Waals surface area contributed by atoms with Crippen LogP contribution in [0.3, 0.4) is 0 Å². The maximum absolute atomic E-state index is 6.91. The van der Waals surface area contributed by atoms with Gasteiger partial charge in [0.25, 0.3) is 0 Å². The van der Waals surface area contributed by atoms with E-state index in [2.05, 4.69) is 223 Å². The van der Waals surface area contributed by atoms with Gasteiger partial charge in [0, 0.05) is 49.8 Å². The molecule has 1 aliphatic rings. The number of nitrogens with zero attached hydrogens (tertiary/aromatic N) is 4. The Morgan fingerprint density at radius 3 is 1.76 bits per heavy atom. The third-order valence-corrected chi connectivity index (χ3v) is 15.0. The molecule has 0 saturated carbocycles. The van der Waals surface area contributed by atoms with Gasteiger partial charge in [0.1, 0.15) is 11.2 Å². The lowest BCUT2D eigenvalue weighted by Crippen LogP contribution is -2.05. The Balaban J connectivity index is 1.01. The number of aromatic nitrogens is 4. The molecule has 5 nitrogen and oxygen atoms in total. The molecule has 1 atom stereocenters. The first-order chi connectivity index (χ1) is 35.2. The lowest BCUT2D eigenvalue weighted by Gasteiger charge is -2.21. The average Bonchev–Trinajstić information content (AvgIpc) is 3.93. The maximum Gasteiger partial charge on any atom is 0.164 e. The molecule has 1 unspecified atom stereocenters. The summed E-state index contributed by atoms with van der Waals surface area (Å²) in [5.41, 5.74) is 14.2. The fraction of sp³-hybridized carbons (Fsp3) is 0.0455. The molecule has 0 aliphatic heterocycles. The molecule has 0 radical (unpaired) electrons. The number of aryl methyl sites for hydroxylation is 1. The Labute approximate surface area is 409 Å². The van der Waals surface area contributed by atoms with Gasteiger partial charge in [-0.15, -0.1) is 0 Å². The van der Waals surface area contributed by atoms with E-state index in [1.165, 1.54) is 49.4 Å². The number of para-hydroxylation sites is 3. The molecule has 0 N–H and O–H groups in total. The summed E-state index contributed by atoms with van der Waals surface area (Å²) in [6.07, 6.45) is 1.84. The summed E-state index contributed by atoms with van der Waals surface area (Å²) in [7, 11) is 0. The molecule has 0 spiro atoms. The van der Waals surface area contributed by atoms with Crippen LogP contribution in [0.4, 0.5) is 0 Å². The van der Waals surface area contributed by atoms with E-state index in [9.17, 15) is 0 Å². The summed E-state index contributed by atoms with van der Waals surface area (Å²) in [5, 5.41) is 11.4. The van der Waals surface area contributed by atoms with E-state index >= 15 is 0 Å². The van der Waals surface area contributed by atoms with Gasteiger partial charge in [0.15, 0.2) is 17.5 Å². The number of furan rings is 1. The van der Waals surface area contributed by atoms with Crippen molar-refractivity contribution in [3.8, 4) is 51.0 Å². The van der Waals surface area contributed by atoms with Crippen LogP contribution in [0.25, 0.3) is 127 Å². The second kappa shape index (κ2) is 15.7. The van der Waals surface area contributed by atoms with Crippen molar-refractivity contribution in [3.63, 3.8) is 0 Å². The zero-order chi connectivity index (χ0) is 46.6. The van der Waals surface area contributed by atoms with Gasteiger partial charge in [0.05, 0.1) is 11.0 Å². The zero-order valence-corrected chi connectivity index (χ0v) is 38.6. The minimum Gasteiger partial charge on any atom is -0.456 e. The first-order valence-corrected chi connectivity index (χ1v) is 24.5. The van der Waals surface area contributed by atoms with Gasteiger partial charge < -0.3 is 8.98 Å². The predicted molar refractivity (Wildman–Crippen MR) is 292 cm³/mol. The number of benzene rings is 11. The van der Waals surface area contributed by atoms with Crippen LogP contribution in [0.5, 0.6) is 0 Å². The SMILES string of the molecule is c1ccc(-n2c3ccccc3c3c(-c4nc(-c5cccc6ccccc56)nc(-c5cc(C6CCc7cc8ccccc8cc7-c7cc8ccccc8cc76)cc6oc7ccccc7c56)n4)cccc32)cc1. The fourth-order valence-electron chi connectivity index (χ4n) is 11.8. The largest absolute Gasteiger partial charge is 0.456 e. The van der Waals surface area contributed by atoms with Gasteiger partial charge in [-0.25, -0.2) is 15.0 Å². The predicted octanol–water partition coefficient (Wildman–Crippen LogP) is 17.1. The molecule has 15 rings (SSSR count). The van der Waals surface area contributed by atoms with Crippen LogP contribution in [0.15, 0.2) is 229 Å². The van der Waals surface area contributed by atoms with Crippen LogP contribution in [0, 0.1) is 0 Å². The van der Waals surface area contributed by atoms with Crippen molar-refractivity contribution < 1.29 is 4.42 Å². The topological polar surface area (TPSA) is 56.7 Å². The molecule has 332 valence electrons. The number of fused-ring (bicyclic) bond motifs is 12. The van der Waals surface area contributed by atoms with Crippen LogP contribution in [0.1, 0.15) is 29.0 Å². The van der Waals surface area contributed by atoms with Crippen molar-refractivity contribution in [2.24, 2.45) is 0 Å². The Bertz CT molecular complexity index is 4480. The molecule has 3 aromatic heterocycles. The Morgan fingerprint density at radius 1 is 0.380 bits per heavy atom. The molecule has 0 bridgehead atoms. The normalized spacial score (nSPS) is 13.7. The summed E-state index contributed by atoms with van der Waals surface area (Å²) in [4.78, 5) is 16.7. The highest BCUT2D eigenvalue weighted by Crippen LogP contribution is 2.48. The molecule has 11 aromatic carbocycles. The first kappa shape index (κ1) is 39.8. The second-order valence-corrected chi connectivity index (χ2v) is 19.0. The summed E-state index contributed by atoms with van der Waals surface area (Å²) >= 11 is 0. The summed E-state index contributed by atoms with van der Waals surface area (Å²) in [6, 6.07) is 80.9. The third-order valence-electron chi connectivity index (χ3n) is 15.0. The van der Waals surface area contributed by atoms with Gasteiger partial charge in [-0.2, -0.15) is 0 Å². The zero-order valence-electron chi connectivity index (χ0n) is 38.6. The van der Waals surface area contributed by atoms with Crippen molar-refractivity contribution in [1.29, 1.82) is 0 Å². The monoisotopic (exact) mass is 906 g/mol. The lowest BCUT2D eigenvalue weighted by molar-refractivity contribution is 0.665. The van der Waals surface area contributed by atoms with Crippen molar-refractivity contribution in [2.45, 2.75) is 18.8 Å². The van der Waals surface area contributed by atoms with Crippen LogP contribution < -0.4 is 0 Å². The van der Waals surface area contributed by atoms with Crippen LogP contribution >= 0.6 is 0 Å². The highest BCUT2D eigenvalue weighted by atomic mass is 16.3. The summed E-state index contributed by atoms with van der Waals surface area (Å²) in [5.74, 6) is 1.87. The smallest absolute Gasteiger partial charge is 0.164 e. The number of hydrogen-bond acceptors (Lipinski definition) is 4. The third kappa shape index (κ3) is 6.29. The van der Waals surface area contributed by atoms with Crippen molar-refractivity contribution in [1.82, 2.24) is 19.5 Å². The van der Waals surface area contributed by atoms with E-state index in [-0.39, 0.29) is 5.92 Å². The molecule has 0 fully saturated rings. The second-order valence-electron chi connectivity index (χ2n) is 19.0. The van der Waals surface area contributed by atoms with Crippen LogP contribution in [0.2, 0.25) is 0 Å². The van der Waals surface area contributed by atoms with Crippen molar-refractivity contribution in [3.05, 3.63) is 241 Å². The van der Waals surface area contributed by atoms with E-state index < -0.39 is 0 Å². The van der Waals surface area contributed by atoms with Crippen molar-refractivity contribution in [2.75, 3.05) is 0 Å². The molecule has 71 heavy (non-hydrogen) atoms. The van der Waals surface area contributed by atoms with E-state index in [0.29, 0.717) is 17.5 Å². The average molecular weight is 907 g/mol. The first-order valence-electron chi connectivity index (χ1n) is 24.5. The molecular weight excluding hydrogens is 865 g/mol. The lowest BCUT2D eigenvalue weighted by atomic mass is 9.83. The number of hydrogen-bond donors (Lipinski definition) is 0. The molecular formula is C66H42N4O. The quantitative estimate of drug-likeness (QED) is 0.173. The minimum atomic E-state index is 0.0400. The van der Waals surface area contributed by atoms with Gasteiger partial charge >= 0.3 is 0 Å². The van der Waals surface area contributed by atoms with Gasteiger partial charge in [0.2, 0.25) is 0 Å². The minimum absolute atomic E-state index is 0.0400. The Kier molecular flexibility index (Phi) is 8.78. The van der Waals surface area contributed by atoms with E-state index in [0.717, 1.165) is 89.7 Å². The molecule has 0 amide bonds.